The highest BCUT2D eigenvalue weighted by Crippen LogP contribution is 2.39. The summed E-state index contributed by atoms with van der Waals surface area (Å²) >= 11 is 0. The molecule has 0 bridgehead atoms. The highest BCUT2D eigenvalue weighted by molar-refractivity contribution is 5.93. The molecular weight excluding hydrogens is 316 g/mol. The molecule has 0 aliphatic heterocycles. The van der Waals surface area contributed by atoms with Crippen molar-refractivity contribution in [2.75, 3.05) is 19.0 Å². The lowest BCUT2D eigenvalue weighted by atomic mass is 10.1. The first-order valence-corrected chi connectivity index (χ1v) is 8.39. The summed E-state index contributed by atoms with van der Waals surface area (Å²) < 4.78 is 2.05. The molecule has 0 saturated heterocycles. The molecule has 1 amide bonds. The second kappa shape index (κ2) is 6.16. The molecule has 1 fully saturated rings. The van der Waals surface area contributed by atoms with Crippen LogP contribution in [0, 0.1) is 0 Å². The third kappa shape index (κ3) is 2.93. The van der Waals surface area contributed by atoms with Crippen LogP contribution in [0.15, 0.2) is 36.7 Å². The zero-order valence-corrected chi connectivity index (χ0v) is 14.3. The number of benzene rings is 1. The minimum Gasteiger partial charge on any atom is -0.355 e. The Labute approximate surface area is 145 Å². The predicted octanol–water partition coefficient (Wildman–Crippen LogP) is 2.00. The Morgan fingerprint density at radius 3 is 2.72 bits per heavy atom. The number of hydrogen-bond donors (Lipinski definition) is 1. The van der Waals surface area contributed by atoms with Gasteiger partial charge in [0.25, 0.3) is 5.91 Å². The van der Waals surface area contributed by atoms with Gasteiger partial charge in [0.2, 0.25) is 5.65 Å². The van der Waals surface area contributed by atoms with E-state index in [-0.39, 0.29) is 5.91 Å². The average molecular weight is 336 g/mol. The molecular formula is C18H20N6O. The topological polar surface area (TPSA) is 75.4 Å². The van der Waals surface area contributed by atoms with Crippen LogP contribution >= 0.6 is 0 Å². The maximum atomic E-state index is 11.6. The Morgan fingerprint density at radius 2 is 2.04 bits per heavy atom. The number of fused-ring (bicyclic) bond motifs is 1. The zero-order chi connectivity index (χ0) is 17.4. The standard InChI is InChI=1S/C18H20N6O/c1-19-18(25)14-5-3-12(4-6-14)11-23(2)16-17-22-21-15(13-7-8-13)24(17)10-9-20-16/h3-6,9-10,13H,7-8,11H2,1-2H3,(H,19,25). The lowest BCUT2D eigenvalue weighted by Gasteiger charge is -2.18. The molecule has 7 heteroatoms. The SMILES string of the molecule is CNC(=O)c1ccc(CN(C)c2nccn3c(C4CC4)nnc23)cc1. The van der Waals surface area contributed by atoms with Gasteiger partial charge in [0, 0.05) is 44.5 Å². The van der Waals surface area contributed by atoms with Gasteiger partial charge in [-0.15, -0.1) is 10.2 Å². The Morgan fingerprint density at radius 1 is 1.28 bits per heavy atom. The van der Waals surface area contributed by atoms with E-state index in [0.717, 1.165) is 22.9 Å². The molecule has 7 nitrogen and oxygen atoms in total. The van der Waals surface area contributed by atoms with Gasteiger partial charge in [-0.3, -0.25) is 9.20 Å². The molecule has 1 saturated carbocycles. The lowest BCUT2D eigenvalue weighted by molar-refractivity contribution is 0.0963. The van der Waals surface area contributed by atoms with Crippen LogP contribution < -0.4 is 10.2 Å². The zero-order valence-electron chi connectivity index (χ0n) is 14.3. The number of nitrogens with one attached hydrogen (secondary N) is 1. The molecule has 1 aliphatic carbocycles. The summed E-state index contributed by atoms with van der Waals surface area (Å²) in [4.78, 5) is 18.2. The summed E-state index contributed by atoms with van der Waals surface area (Å²) in [6.45, 7) is 0.673. The number of amides is 1. The van der Waals surface area contributed by atoms with E-state index >= 15 is 0 Å². The first-order chi connectivity index (χ1) is 12.2. The van der Waals surface area contributed by atoms with Crippen molar-refractivity contribution in [3.63, 3.8) is 0 Å². The number of hydrogen-bond acceptors (Lipinski definition) is 5. The molecule has 0 unspecified atom stereocenters. The first kappa shape index (κ1) is 15.6. The summed E-state index contributed by atoms with van der Waals surface area (Å²) in [7, 11) is 3.62. The van der Waals surface area contributed by atoms with Gasteiger partial charge < -0.3 is 10.2 Å². The molecule has 4 rings (SSSR count). The number of aromatic nitrogens is 4. The van der Waals surface area contributed by atoms with E-state index in [2.05, 4.69) is 25.4 Å². The van der Waals surface area contributed by atoms with Gasteiger partial charge in [-0.1, -0.05) is 12.1 Å². The van der Waals surface area contributed by atoms with Gasteiger partial charge >= 0.3 is 0 Å². The Kier molecular flexibility index (Phi) is 3.83. The van der Waals surface area contributed by atoms with Gasteiger partial charge in [-0.25, -0.2) is 4.98 Å². The third-order valence-corrected chi connectivity index (χ3v) is 4.50. The van der Waals surface area contributed by atoms with E-state index in [9.17, 15) is 4.79 Å². The minimum atomic E-state index is -0.0811. The maximum absolute atomic E-state index is 11.6. The molecule has 1 aromatic carbocycles. The molecule has 0 radical (unpaired) electrons. The average Bonchev–Trinajstić information content (AvgIpc) is 3.40. The largest absolute Gasteiger partial charge is 0.355 e. The van der Waals surface area contributed by atoms with Crippen molar-refractivity contribution in [3.8, 4) is 0 Å². The van der Waals surface area contributed by atoms with Crippen molar-refractivity contribution in [2.24, 2.45) is 0 Å². The quantitative estimate of drug-likeness (QED) is 0.771. The fourth-order valence-electron chi connectivity index (χ4n) is 2.97. The number of carbonyl (C=O) groups is 1. The van der Waals surface area contributed by atoms with Crippen LogP contribution in [0.1, 0.15) is 40.5 Å². The van der Waals surface area contributed by atoms with Crippen molar-refractivity contribution in [2.45, 2.75) is 25.3 Å². The Hall–Kier alpha value is -2.96. The fraction of sp³-hybridized carbons (Fsp3) is 0.333. The number of rotatable bonds is 5. The molecule has 2 aromatic heterocycles. The highest BCUT2D eigenvalue weighted by Gasteiger charge is 2.29. The molecule has 25 heavy (non-hydrogen) atoms. The van der Waals surface area contributed by atoms with E-state index in [4.69, 9.17) is 0 Å². The van der Waals surface area contributed by atoms with Gasteiger partial charge in [0.1, 0.15) is 5.82 Å². The Bertz CT molecular complexity index is 913. The second-order valence-corrected chi connectivity index (χ2v) is 6.41. The number of carbonyl (C=O) groups excluding carboxylic acids is 1. The molecule has 1 aliphatic rings. The van der Waals surface area contributed by atoms with Crippen LogP contribution in [-0.2, 0) is 6.54 Å². The second-order valence-electron chi connectivity index (χ2n) is 6.41. The Balaban J connectivity index is 1.57. The number of anilines is 1. The van der Waals surface area contributed by atoms with Crippen molar-refractivity contribution in [1.29, 1.82) is 0 Å². The summed E-state index contributed by atoms with van der Waals surface area (Å²) in [5.74, 6) is 2.29. The van der Waals surface area contributed by atoms with E-state index in [1.807, 2.05) is 41.9 Å². The van der Waals surface area contributed by atoms with Crippen molar-refractivity contribution in [3.05, 3.63) is 53.6 Å². The van der Waals surface area contributed by atoms with Crippen molar-refractivity contribution < 1.29 is 4.79 Å². The molecule has 1 N–H and O–H groups in total. The molecule has 128 valence electrons. The van der Waals surface area contributed by atoms with E-state index < -0.39 is 0 Å². The predicted molar refractivity (Wildman–Crippen MR) is 94.7 cm³/mol. The van der Waals surface area contributed by atoms with Gasteiger partial charge in [0.15, 0.2) is 5.82 Å². The fourth-order valence-corrected chi connectivity index (χ4v) is 2.97. The van der Waals surface area contributed by atoms with Gasteiger partial charge in [-0.05, 0) is 30.5 Å². The van der Waals surface area contributed by atoms with Crippen LogP contribution in [0.3, 0.4) is 0 Å². The summed E-state index contributed by atoms with van der Waals surface area (Å²) in [6.07, 6.45) is 6.10. The normalized spacial score (nSPS) is 13.8. The smallest absolute Gasteiger partial charge is 0.251 e. The van der Waals surface area contributed by atoms with Crippen LogP contribution in [0.2, 0.25) is 0 Å². The summed E-state index contributed by atoms with van der Waals surface area (Å²) in [6, 6.07) is 7.58. The van der Waals surface area contributed by atoms with Crippen molar-refractivity contribution in [1.82, 2.24) is 24.9 Å². The number of nitrogens with zero attached hydrogens (tertiary/aromatic N) is 5. The summed E-state index contributed by atoms with van der Waals surface area (Å²) in [5.41, 5.74) is 2.54. The minimum absolute atomic E-state index is 0.0811. The van der Waals surface area contributed by atoms with Gasteiger partial charge in [-0.2, -0.15) is 0 Å². The van der Waals surface area contributed by atoms with Crippen LogP contribution in [-0.4, -0.2) is 39.6 Å². The van der Waals surface area contributed by atoms with Gasteiger partial charge in [0.05, 0.1) is 0 Å². The molecule has 3 aromatic rings. The third-order valence-electron chi connectivity index (χ3n) is 4.50. The first-order valence-electron chi connectivity index (χ1n) is 8.39. The highest BCUT2D eigenvalue weighted by atomic mass is 16.1. The van der Waals surface area contributed by atoms with Crippen LogP contribution in [0.25, 0.3) is 5.65 Å². The molecule has 0 spiro atoms. The lowest BCUT2D eigenvalue weighted by Crippen LogP contribution is -2.20. The maximum Gasteiger partial charge on any atom is 0.251 e. The van der Waals surface area contributed by atoms with Crippen LogP contribution in [0.5, 0.6) is 0 Å². The monoisotopic (exact) mass is 336 g/mol. The van der Waals surface area contributed by atoms with E-state index in [1.54, 1.807) is 13.2 Å². The summed E-state index contributed by atoms with van der Waals surface area (Å²) in [5, 5.41) is 11.3. The van der Waals surface area contributed by atoms with Crippen molar-refractivity contribution >= 4 is 17.4 Å². The molecule has 0 atom stereocenters. The molecule has 2 heterocycles. The van der Waals surface area contributed by atoms with E-state index in [0.29, 0.717) is 18.0 Å². The van der Waals surface area contributed by atoms with E-state index in [1.165, 1.54) is 12.8 Å². The van der Waals surface area contributed by atoms with Crippen LogP contribution in [0.4, 0.5) is 5.82 Å².